The lowest BCUT2D eigenvalue weighted by molar-refractivity contribution is -0.115. The summed E-state index contributed by atoms with van der Waals surface area (Å²) in [5.41, 5.74) is 0.567. The molecule has 1 amide bonds. The largest absolute Gasteiger partial charge is 0.508 e. The maximum Gasteiger partial charge on any atom is 0.231 e. The van der Waals surface area contributed by atoms with Crippen molar-refractivity contribution in [2.24, 2.45) is 0 Å². The van der Waals surface area contributed by atoms with Crippen molar-refractivity contribution in [2.75, 3.05) is 5.32 Å². The van der Waals surface area contributed by atoms with E-state index in [0.29, 0.717) is 10.7 Å². The fraction of sp³-hybridized carbons (Fsp3) is 0.111. The number of hydrogen-bond acceptors (Lipinski definition) is 6. The summed E-state index contributed by atoms with van der Waals surface area (Å²) in [6.45, 7) is 0. The van der Waals surface area contributed by atoms with Gasteiger partial charge in [-0.3, -0.25) is 10.1 Å². The van der Waals surface area contributed by atoms with Gasteiger partial charge in [0.25, 0.3) is 0 Å². The minimum Gasteiger partial charge on any atom is -0.508 e. The summed E-state index contributed by atoms with van der Waals surface area (Å²) >= 11 is 0.999. The van der Waals surface area contributed by atoms with Crippen LogP contribution in [0.25, 0.3) is 0 Å². The monoisotopic (exact) mass is 236 g/mol. The molecule has 16 heavy (non-hydrogen) atoms. The molecule has 82 valence electrons. The van der Waals surface area contributed by atoms with E-state index in [4.69, 9.17) is 0 Å². The summed E-state index contributed by atoms with van der Waals surface area (Å²) in [4.78, 5) is 11.5. The van der Waals surface area contributed by atoms with Crippen molar-refractivity contribution in [1.82, 2.24) is 14.8 Å². The van der Waals surface area contributed by atoms with E-state index in [1.54, 1.807) is 18.2 Å². The molecule has 0 saturated carbocycles. The van der Waals surface area contributed by atoms with Gasteiger partial charge in [0.15, 0.2) is 0 Å². The maximum atomic E-state index is 11.5. The molecule has 0 aliphatic heterocycles. The molecule has 1 aromatic carbocycles. The third-order valence-electron chi connectivity index (χ3n) is 1.89. The van der Waals surface area contributed by atoms with Gasteiger partial charge in [-0.15, -0.1) is 0 Å². The molecule has 1 heterocycles. The predicted molar refractivity (Wildman–Crippen MR) is 58.1 cm³/mol. The highest BCUT2D eigenvalue weighted by molar-refractivity contribution is 7.09. The lowest BCUT2D eigenvalue weighted by Crippen LogP contribution is -2.14. The number of hydrogen-bond donors (Lipinski definition) is 2. The molecule has 0 atom stereocenters. The fourth-order valence-electron chi connectivity index (χ4n) is 1.18. The fourth-order valence-corrected chi connectivity index (χ4v) is 1.56. The lowest BCUT2D eigenvalue weighted by atomic mass is 10.1. The number of nitrogens with one attached hydrogen (secondary N) is 1. The minimum absolute atomic E-state index is 0.0895. The van der Waals surface area contributed by atoms with Crippen LogP contribution in [0.3, 0.4) is 0 Å². The number of benzene rings is 1. The molecule has 0 spiro atoms. The lowest BCUT2D eigenvalue weighted by Gasteiger charge is -2.03. The van der Waals surface area contributed by atoms with Crippen LogP contribution in [-0.4, -0.2) is 25.8 Å². The molecule has 0 bridgehead atoms. The van der Waals surface area contributed by atoms with Gasteiger partial charge in [0.2, 0.25) is 11.0 Å². The van der Waals surface area contributed by atoms with Crippen molar-refractivity contribution in [3.8, 4) is 5.75 Å². The van der Waals surface area contributed by atoms with Crippen LogP contribution >= 0.6 is 11.5 Å². The van der Waals surface area contributed by atoms with Gasteiger partial charge >= 0.3 is 0 Å². The standard InChI is InChI=1S/C9H8N4O2S/c14-7-4-2-1-3-6(7)5-8(15)10-9-11-12-13-16-9/h1-4,14H,5H2,(H,10,11,13,15). The normalized spacial score (nSPS) is 10.0. The van der Waals surface area contributed by atoms with Gasteiger partial charge in [0.05, 0.1) is 6.42 Å². The number of phenols is 1. The van der Waals surface area contributed by atoms with E-state index >= 15 is 0 Å². The Morgan fingerprint density at radius 3 is 2.94 bits per heavy atom. The average molecular weight is 236 g/mol. The van der Waals surface area contributed by atoms with E-state index in [2.05, 4.69) is 20.1 Å². The Balaban J connectivity index is 2.00. The first-order valence-corrected chi connectivity index (χ1v) is 5.25. The van der Waals surface area contributed by atoms with Gasteiger partial charge in [0, 0.05) is 17.1 Å². The van der Waals surface area contributed by atoms with Crippen LogP contribution in [0.1, 0.15) is 5.56 Å². The van der Waals surface area contributed by atoms with Crippen molar-refractivity contribution in [3.05, 3.63) is 29.8 Å². The van der Waals surface area contributed by atoms with Crippen LogP contribution in [0.4, 0.5) is 5.13 Å². The van der Waals surface area contributed by atoms with E-state index in [-0.39, 0.29) is 18.1 Å². The second kappa shape index (κ2) is 4.67. The van der Waals surface area contributed by atoms with Crippen molar-refractivity contribution >= 4 is 22.6 Å². The Kier molecular flexibility index (Phi) is 3.06. The number of aromatic hydroxyl groups is 1. The molecular formula is C9H8N4O2S. The second-order valence-corrected chi connectivity index (χ2v) is 3.75. The molecule has 2 N–H and O–H groups in total. The van der Waals surface area contributed by atoms with Crippen LogP contribution in [0.5, 0.6) is 5.75 Å². The highest BCUT2D eigenvalue weighted by Gasteiger charge is 2.08. The summed E-state index contributed by atoms with van der Waals surface area (Å²) in [6.07, 6.45) is 0.0895. The Labute approximate surface area is 95.1 Å². The molecule has 0 saturated heterocycles. The van der Waals surface area contributed by atoms with Crippen LogP contribution in [0.15, 0.2) is 24.3 Å². The number of carbonyl (C=O) groups is 1. The Morgan fingerprint density at radius 1 is 1.44 bits per heavy atom. The molecule has 0 radical (unpaired) electrons. The van der Waals surface area contributed by atoms with Crippen molar-refractivity contribution in [3.63, 3.8) is 0 Å². The highest BCUT2D eigenvalue weighted by Crippen LogP contribution is 2.16. The number of nitrogens with zero attached hydrogens (tertiary/aromatic N) is 3. The quantitative estimate of drug-likeness (QED) is 0.823. The number of rotatable bonds is 3. The van der Waals surface area contributed by atoms with Gasteiger partial charge in [-0.2, -0.15) is 0 Å². The topological polar surface area (TPSA) is 88.0 Å². The molecule has 0 fully saturated rings. The Bertz CT molecular complexity index is 486. The van der Waals surface area contributed by atoms with Gasteiger partial charge in [0.1, 0.15) is 5.75 Å². The van der Waals surface area contributed by atoms with Crippen LogP contribution in [-0.2, 0) is 11.2 Å². The van der Waals surface area contributed by atoms with E-state index < -0.39 is 0 Å². The summed E-state index contributed by atoms with van der Waals surface area (Å²) in [5.74, 6) is -0.159. The molecule has 7 heteroatoms. The molecule has 2 rings (SSSR count). The number of carbonyl (C=O) groups excluding carboxylic acids is 1. The Hall–Kier alpha value is -2.02. The number of aromatic nitrogens is 3. The first-order chi connectivity index (χ1) is 7.75. The summed E-state index contributed by atoms with van der Waals surface area (Å²) in [7, 11) is 0. The van der Waals surface area contributed by atoms with Crippen molar-refractivity contribution in [1.29, 1.82) is 0 Å². The van der Waals surface area contributed by atoms with E-state index in [1.807, 2.05) is 0 Å². The summed E-state index contributed by atoms with van der Waals surface area (Å²) < 4.78 is 3.52. The summed E-state index contributed by atoms with van der Waals surface area (Å²) in [6, 6.07) is 6.68. The molecule has 0 aliphatic rings. The third-order valence-corrected chi connectivity index (χ3v) is 2.40. The molecule has 0 aliphatic carbocycles. The first kappa shape index (κ1) is 10.5. The SMILES string of the molecule is O=C(Cc1ccccc1O)Nc1nnns1. The smallest absolute Gasteiger partial charge is 0.231 e. The number of amides is 1. The molecule has 1 aromatic heterocycles. The van der Waals surface area contributed by atoms with Crippen molar-refractivity contribution in [2.45, 2.75) is 6.42 Å². The summed E-state index contributed by atoms with van der Waals surface area (Å²) in [5, 5.41) is 19.3. The molecular weight excluding hydrogens is 228 g/mol. The first-order valence-electron chi connectivity index (χ1n) is 4.47. The number of phenolic OH excluding ortho intramolecular Hbond substituents is 1. The van der Waals surface area contributed by atoms with E-state index in [0.717, 1.165) is 11.5 Å². The van der Waals surface area contributed by atoms with Crippen molar-refractivity contribution < 1.29 is 9.90 Å². The zero-order valence-corrected chi connectivity index (χ0v) is 8.94. The Morgan fingerprint density at radius 2 is 2.25 bits per heavy atom. The third kappa shape index (κ3) is 2.51. The average Bonchev–Trinajstić information content (AvgIpc) is 2.74. The minimum atomic E-state index is -0.264. The van der Waals surface area contributed by atoms with Crippen LogP contribution < -0.4 is 5.32 Å². The highest BCUT2D eigenvalue weighted by atomic mass is 32.1. The van der Waals surface area contributed by atoms with E-state index in [9.17, 15) is 9.90 Å². The number of anilines is 1. The van der Waals surface area contributed by atoms with Gasteiger partial charge in [-0.05, 0) is 11.3 Å². The van der Waals surface area contributed by atoms with E-state index in [1.165, 1.54) is 6.07 Å². The van der Waals surface area contributed by atoms with Gasteiger partial charge in [-0.1, -0.05) is 27.8 Å². The van der Waals surface area contributed by atoms with Gasteiger partial charge < -0.3 is 5.11 Å². The van der Waals surface area contributed by atoms with Gasteiger partial charge in [-0.25, -0.2) is 0 Å². The predicted octanol–water partition coefficient (Wildman–Crippen LogP) is 0.820. The second-order valence-electron chi connectivity index (χ2n) is 3.02. The molecule has 0 unspecified atom stereocenters. The zero-order chi connectivity index (χ0) is 11.4. The molecule has 6 nitrogen and oxygen atoms in total. The van der Waals surface area contributed by atoms with Crippen LogP contribution in [0, 0.1) is 0 Å². The number of para-hydroxylation sites is 1. The zero-order valence-electron chi connectivity index (χ0n) is 8.12. The molecule has 2 aromatic rings. The maximum absolute atomic E-state index is 11.5. The van der Waals surface area contributed by atoms with Crippen LogP contribution in [0.2, 0.25) is 0 Å².